The lowest BCUT2D eigenvalue weighted by Gasteiger charge is -2.13. The minimum Gasteiger partial charge on any atom is -0.379 e. The maximum atomic E-state index is 11.0. The first-order chi connectivity index (χ1) is 7.33. The maximum Gasteiger partial charge on any atom is 0.306 e. The van der Waals surface area contributed by atoms with Crippen LogP contribution in [0.1, 0.15) is 5.69 Å². The monoisotopic (exact) mass is 241 g/mol. The third-order valence-corrected chi connectivity index (χ3v) is 2.18. The average Bonchev–Trinajstić information content (AvgIpc) is 2.15. The lowest BCUT2D eigenvalue weighted by atomic mass is 10.3. The summed E-state index contributed by atoms with van der Waals surface area (Å²) in [7, 11) is -0.120. The van der Waals surface area contributed by atoms with Crippen LogP contribution >= 0.6 is 0 Å². The first-order valence-electron chi connectivity index (χ1n) is 4.30. The van der Waals surface area contributed by atoms with E-state index in [1.54, 1.807) is 25.1 Å². The van der Waals surface area contributed by atoms with Crippen LogP contribution in [-0.4, -0.2) is 33.8 Å². The van der Waals surface area contributed by atoms with Gasteiger partial charge in [0.2, 0.25) is 0 Å². The summed E-state index contributed by atoms with van der Waals surface area (Å²) >= 11 is 0. The molecule has 0 saturated carbocycles. The van der Waals surface area contributed by atoms with Gasteiger partial charge in [-0.1, -0.05) is 0 Å². The van der Waals surface area contributed by atoms with E-state index in [2.05, 4.69) is 9.17 Å². The van der Waals surface area contributed by atoms with Gasteiger partial charge in [0.05, 0.1) is 18.1 Å². The Hall–Kier alpha value is -1.81. The van der Waals surface area contributed by atoms with E-state index >= 15 is 0 Å². The Balaban J connectivity index is 3.24. The van der Waals surface area contributed by atoms with Gasteiger partial charge in [0.1, 0.15) is 6.07 Å². The summed E-state index contributed by atoms with van der Waals surface area (Å²) in [4.78, 5) is 5.54. The van der Waals surface area contributed by atoms with Crippen molar-refractivity contribution in [3.63, 3.8) is 0 Å². The van der Waals surface area contributed by atoms with Gasteiger partial charge >= 0.3 is 10.1 Å². The molecule has 1 rings (SSSR count). The zero-order valence-electron chi connectivity index (χ0n) is 9.13. The molecule has 1 heterocycles. The molecule has 0 unspecified atom stereocenters. The lowest BCUT2D eigenvalue weighted by Crippen LogP contribution is -2.12. The highest BCUT2D eigenvalue weighted by Gasteiger charge is 2.12. The molecular formula is C9H11N3O3S. The first kappa shape index (κ1) is 12.3. The van der Waals surface area contributed by atoms with E-state index in [0.29, 0.717) is 5.69 Å². The van der Waals surface area contributed by atoms with Crippen molar-refractivity contribution >= 4 is 15.8 Å². The smallest absolute Gasteiger partial charge is 0.306 e. The summed E-state index contributed by atoms with van der Waals surface area (Å²) in [6.07, 6.45) is 2.38. The summed E-state index contributed by atoms with van der Waals surface area (Å²) in [6.45, 7) is 0. The molecule has 0 aliphatic rings. The molecule has 86 valence electrons. The second kappa shape index (κ2) is 4.37. The Labute approximate surface area is 94.2 Å². The normalized spacial score (nSPS) is 10.6. The van der Waals surface area contributed by atoms with E-state index in [0.717, 1.165) is 6.26 Å². The molecule has 0 amide bonds. The summed E-state index contributed by atoms with van der Waals surface area (Å²) < 4.78 is 26.6. The predicted octanol–water partition coefficient (Wildman–Crippen LogP) is 0.358. The molecule has 16 heavy (non-hydrogen) atoms. The number of aromatic nitrogens is 1. The number of hydrogen-bond donors (Lipinski definition) is 0. The van der Waals surface area contributed by atoms with Gasteiger partial charge in [-0.25, -0.2) is 4.98 Å². The fourth-order valence-corrected chi connectivity index (χ4v) is 1.44. The largest absolute Gasteiger partial charge is 0.379 e. The van der Waals surface area contributed by atoms with Crippen molar-refractivity contribution in [2.24, 2.45) is 0 Å². The molecule has 6 nitrogen and oxygen atoms in total. The Morgan fingerprint density at radius 1 is 1.50 bits per heavy atom. The minimum atomic E-state index is -3.66. The van der Waals surface area contributed by atoms with Crippen LogP contribution in [-0.2, 0) is 10.1 Å². The number of rotatable bonds is 3. The third kappa shape index (κ3) is 3.10. The van der Waals surface area contributed by atoms with Crippen LogP contribution in [0.3, 0.4) is 0 Å². The van der Waals surface area contributed by atoms with Crippen LogP contribution in [0.15, 0.2) is 12.3 Å². The van der Waals surface area contributed by atoms with Gasteiger partial charge in [-0.2, -0.15) is 13.7 Å². The maximum absolute atomic E-state index is 11.0. The molecule has 0 aliphatic heterocycles. The van der Waals surface area contributed by atoms with Crippen LogP contribution in [0, 0.1) is 11.3 Å². The molecule has 0 atom stereocenters. The van der Waals surface area contributed by atoms with E-state index in [1.165, 1.54) is 12.3 Å². The minimum absolute atomic E-state index is 0.0591. The van der Waals surface area contributed by atoms with Gasteiger partial charge in [0, 0.05) is 20.2 Å². The van der Waals surface area contributed by atoms with Crippen LogP contribution < -0.4 is 9.08 Å². The fourth-order valence-electron chi connectivity index (χ4n) is 0.989. The second-order valence-electron chi connectivity index (χ2n) is 3.33. The van der Waals surface area contributed by atoms with E-state index in [9.17, 15) is 8.42 Å². The van der Waals surface area contributed by atoms with Gasteiger partial charge < -0.3 is 9.08 Å². The van der Waals surface area contributed by atoms with E-state index < -0.39 is 10.1 Å². The molecule has 1 aromatic rings. The van der Waals surface area contributed by atoms with Crippen LogP contribution in [0.2, 0.25) is 0 Å². The van der Waals surface area contributed by atoms with Crippen molar-refractivity contribution < 1.29 is 12.6 Å². The topological polar surface area (TPSA) is 83.3 Å². The number of nitriles is 1. The Morgan fingerprint density at radius 3 is 2.56 bits per heavy atom. The molecule has 1 aromatic heterocycles. The summed E-state index contributed by atoms with van der Waals surface area (Å²) in [6, 6.07) is 3.22. The molecule has 0 spiro atoms. The zero-order chi connectivity index (χ0) is 12.3. The van der Waals surface area contributed by atoms with Gasteiger partial charge in [-0.3, -0.25) is 0 Å². The highest BCUT2D eigenvalue weighted by Crippen LogP contribution is 2.22. The van der Waals surface area contributed by atoms with Gasteiger partial charge in [0.15, 0.2) is 11.4 Å². The SMILES string of the molecule is CN(C)c1cnc(C#N)c(OS(C)(=O)=O)c1. The number of nitrogens with zero attached hydrogens (tertiary/aromatic N) is 3. The molecule has 0 aliphatic carbocycles. The zero-order valence-corrected chi connectivity index (χ0v) is 9.95. The Kier molecular flexibility index (Phi) is 3.34. The van der Waals surface area contributed by atoms with Crippen LogP contribution in [0.5, 0.6) is 5.75 Å². The Morgan fingerprint density at radius 2 is 2.12 bits per heavy atom. The van der Waals surface area contributed by atoms with Gasteiger partial charge in [-0.15, -0.1) is 0 Å². The van der Waals surface area contributed by atoms with Crippen molar-refractivity contribution in [1.29, 1.82) is 5.26 Å². The van der Waals surface area contributed by atoms with Crippen molar-refractivity contribution in [3.05, 3.63) is 18.0 Å². The quantitative estimate of drug-likeness (QED) is 0.710. The average molecular weight is 241 g/mol. The van der Waals surface area contributed by atoms with E-state index in [-0.39, 0.29) is 11.4 Å². The van der Waals surface area contributed by atoms with Crippen molar-refractivity contribution in [2.45, 2.75) is 0 Å². The molecule has 0 saturated heterocycles. The number of anilines is 1. The van der Waals surface area contributed by atoms with Crippen LogP contribution in [0.25, 0.3) is 0 Å². The van der Waals surface area contributed by atoms with Gasteiger partial charge in [-0.05, 0) is 0 Å². The Bertz CT molecular complexity index is 531. The van der Waals surface area contributed by atoms with Crippen molar-refractivity contribution in [1.82, 2.24) is 4.98 Å². The van der Waals surface area contributed by atoms with E-state index in [1.807, 2.05) is 0 Å². The first-order valence-corrected chi connectivity index (χ1v) is 6.12. The molecule has 0 bridgehead atoms. The molecular weight excluding hydrogens is 230 g/mol. The van der Waals surface area contributed by atoms with Crippen LogP contribution in [0.4, 0.5) is 5.69 Å². The summed E-state index contributed by atoms with van der Waals surface area (Å²) in [5.41, 5.74) is 0.591. The molecule has 7 heteroatoms. The van der Waals surface area contributed by atoms with E-state index in [4.69, 9.17) is 5.26 Å². The molecule has 0 N–H and O–H groups in total. The fraction of sp³-hybridized carbons (Fsp3) is 0.333. The van der Waals surface area contributed by atoms with Crippen molar-refractivity contribution in [2.75, 3.05) is 25.3 Å². The molecule has 0 fully saturated rings. The summed E-state index contributed by atoms with van der Waals surface area (Å²) in [5, 5.41) is 8.74. The second-order valence-corrected chi connectivity index (χ2v) is 4.91. The third-order valence-electron chi connectivity index (χ3n) is 1.70. The summed E-state index contributed by atoms with van der Waals surface area (Å²) in [5.74, 6) is -0.0591. The number of pyridine rings is 1. The molecule has 0 radical (unpaired) electrons. The highest BCUT2D eigenvalue weighted by atomic mass is 32.2. The van der Waals surface area contributed by atoms with Gasteiger partial charge in [0.25, 0.3) is 0 Å². The number of hydrogen-bond acceptors (Lipinski definition) is 6. The molecule has 0 aromatic carbocycles. The lowest BCUT2D eigenvalue weighted by molar-refractivity contribution is 0.491. The predicted molar refractivity (Wildman–Crippen MR) is 58.8 cm³/mol. The van der Waals surface area contributed by atoms with Crippen molar-refractivity contribution in [3.8, 4) is 11.8 Å². The standard InChI is InChI=1S/C9H11N3O3S/c1-12(2)7-4-9(15-16(3,13)14)8(5-10)11-6-7/h4,6H,1-3H3. The highest BCUT2D eigenvalue weighted by molar-refractivity contribution is 7.86.